The van der Waals surface area contributed by atoms with E-state index in [-0.39, 0.29) is 11.8 Å². The van der Waals surface area contributed by atoms with Crippen molar-refractivity contribution in [2.24, 2.45) is 11.7 Å². The SMILES string of the molecule is CCCC[C@H](Cc1ccc(OCCN2CCOCC2)cc1)C(N)=O. The van der Waals surface area contributed by atoms with E-state index >= 15 is 0 Å². The normalized spacial score (nSPS) is 16.7. The van der Waals surface area contributed by atoms with Gasteiger partial charge in [0.2, 0.25) is 5.91 Å². The average molecular weight is 334 g/mol. The Bertz CT molecular complexity index is 484. The molecule has 2 rings (SSSR count). The molecule has 0 saturated carbocycles. The molecule has 5 nitrogen and oxygen atoms in total. The summed E-state index contributed by atoms with van der Waals surface area (Å²) in [5.41, 5.74) is 6.65. The Morgan fingerprint density at radius 2 is 2.00 bits per heavy atom. The van der Waals surface area contributed by atoms with E-state index in [4.69, 9.17) is 15.2 Å². The molecule has 134 valence electrons. The zero-order chi connectivity index (χ0) is 17.2. The van der Waals surface area contributed by atoms with Gasteiger partial charge in [0.1, 0.15) is 12.4 Å². The molecule has 1 heterocycles. The lowest BCUT2D eigenvalue weighted by Crippen LogP contribution is -2.38. The fourth-order valence-electron chi connectivity index (χ4n) is 2.92. The van der Waals surface area contributed by atoms with E-state index in [0.29, 0.717) is 13.0 Å². The molecule has 0 radical (unpaired) electrons. The zero-order valence-corrected chi connectivity index (χ0v) is 14.7. The molecule has 0 bridgehead atoms. The number of nitrogens with zero attached hydrogens (tertiary/aromatic N) is 1. The lowest BCUT2D eigenvalue weighted by atomic mass is 9.93. The lowest BCUT2D eigenvalue weighted by Gasteiger charge is -2.26. The first-order valence-corrected chi connectivity index (χ1v) is 9.00. The summed E-state index contributed by atoms with van der Waals surface area (Å²) in [6.07, 6.45) is 3.70. The third kappa shape index (κ3) is 6.49. The number of amides is 1. The van der Waals surface area contributed by atoms with Gasteiger partial charge < -0.3 is 15.2 Å². The molecule has 5 heteroatoms. The molecule has 0 unspecified atom stereocenters. The van der Waals surface area contributed by atoms with Gasteiger partial charge in [-0.15, -0.1) is 0 Å². The second-order valence-electron chi connectivity index (χ2n) is 6.39. The molecule has 0 aromatic heterocycles. The Morgan fingerprint density at radius 1 is 1.29 bits per heavy atom. The van der Waals surface area contributed by atoms with Crippen molar-refractivity contribution in [1.82, 2.24) is 4.90 Å². The fourth-order valence-corrected chi connectivity index (χ4v) is 2.92. The van der Waals surface area contributed by atoms with Crippen LogP contribution >= 0.6 is 0 Å². The van der Waals surface area contributed by atoms with Crippen LogP contribution in [-0.2, 0) is 16.0 Å². The molecule has 2 N–H and O–H groups in total. The molecule has 24 heavy (non-hydrogen) atoms. The van der Waals surface area contributed by atoms with Crippen LogP contribution in [0.5, 0.6) is 5.75 Å². The third-order valence-corrected chi connectivity index (χ3v) is 4.49. The summed E-state index contributed by atoms with van der Waals surface area (Å²) in [5, 5.41) is 0. The second-order valence-corrected chi connectivity index (χ2v) is 6.39. The number of carbonyl (C=O) groups is 1. The molecule has 1 amide bonds. The minimum Gasteiger partial charge on any atom is -0.492 e. The van der Waals surface area contributed by atoms with Crippen LogP contribution in [0.4, 0.5) is 0 Å². The minimum atomic E-state index is -0.200. The number of carbonyl (C=O) groups excluding carboxylic acids is 1. The van der Waals surface area contributed by atoms with Crippen LogP contribution in [0.25, 0.3) is 0 Å². The second kappa shape index (κ2) is 10.3. The third-order valence-electron chi connectivity index (χ3n) is 4.49. The number of primary amides is 1. The molecule has 1 aliphatic heterocycles. The Kier molecular flexibility index (Phi) is 8.05. The zero-order valence-electron chi connectivity index (χ0n) is 14.7. The summed E-state index contributed by atoms with van der Waals surface area (Å²) in [4.78, 5) is 13.9. The minimum absolute atomic E-state index is 0.0713. The van der Waals surface area contributed by atoms with Crippen molar-refractivity contribution in [3.05, 3.63) is 29.8 Å². The average Bonchev–Trinajstić information content (AvgIpc) is 2.60. The first-order valence-electron chi connectivity index (χ1n) is 9.00. The van der Waals surface area contributed by atoms with Crippen molar-refractivity contribution >= 4 is 5.91 Å². The van der Waals surface area contributed by atoms with Gasteiger partial charge in [-0.2, -0.15) is 0 Å². The molecule has 1 aromatic rings. The number of hydrogen-bond acceptors (Lipinski definition) is 4. The van der Waals surface area contributed by atoms with Crippen molar-refractivity contribution in [2.45, 2.75) is 32.6 Å². The number of unbranched alkanes of at least 4 members (excludes halogenated alkanes) is 1. The van der Waals surface area contributed by atoms with Gasteiger partial charge in [-0.1, -0.05) is 31.9 Å². The summed E-state index contributed by atoms with van der Waals surface area (Å²) in [6, 6.07) is 8.02. The van der Waals surface area contributed by atoms with E-state index in [0.717, 1.165) is 63.4 Å². The van der Waals surface area contributed by atoms with Crippen LogP contribution < -0.4 is 10.5 Å². The van der Waals surface area contributed by atoms with Gasteiger partial charge in [-0.05, 0) is 30.5 Å². The van der Waals surface area contributed by atoms with Gasteiger partial charge >= 0.3 is 0 Å². The van der Waals surface area contributed by atoms with Crippen LogP contribution in [0.2, 0.25) is 0 Å². The van der Waals surface area contributed by atoms with Crippen molar-refractivity contribution in [2.75, 3.05) is 39.5 Å². The maximum Gasteiger partial charge on any atom is 0.220 e. The number of ether oxygens (including phenoxy) is 2. The van der Waals surface area contributed by atoms with Crippen LogP contribution in [-0.4, -0.2) is 50.3 Å². The standard InChI is InChI=1S/C19H30N2O3/c1-2-3-4-17(19(20)22)15-16-5-7-18(8-6-16)24-14-11-21-9-12-23-13-10-21/h5-8,17H,2-4,9-15H2,1H3,(H2,20,22)/t17-/m1/s1. The van der Waals surface area contributed by atoms with Gasteiger partial charge in [0, 0.05) is 25.6 Å². The fraction of sp³-hybridized carbons (Fsp3) is 0.632. The molecule has 0 spiro atoms. The van der Waals surface area contributed by atoms with E-state index in [9.17, 15) is 4.79 Å². The van der Waals surface area contributed by atoms with E-state index in [1.807, 2.05) is 24.3 Å². The molecule has 1 fully saturated rings. The summed E-state index contributed by atoms with van der Waals surface area (Å²) >= 11 is 0. The van der Waals surface area contributed by atoms with Crippen molar-refractivity contribution in [1.29, 1.82) is 0 Å². The highest BCUT2D eigenvalue weighted by Gasteiger charge is 2.15. The topological polar surface area (TPSA) is 64.8 Å². The van der Waals surface area contributed by atoms with E-state index in [2.05, 4.69) is 11.8 Å². The van der Waals surface area contributed by atoms with E-state index in [1.165, 1.54) is 0 Å². The molecule has 1 atom stereocenters. The molecular formula is C19H30N2O3. The number of nitrogens with two attached hydrogens (primary N) is 1. The van der Waals surface area contributed by atoms with Crippen molar-refractivity contribution in [3.8, 4) is 5.75 Å². The summed E-state index contributed by atoms with van der Waals surface area (Å²) in [5.74, 6) is 0.600. The largest absolute Gasteiger partial charge is 0.492 e. The highest BCUT2D eigenvalue weighted by molar-refractivity contribution is 5.76. The van der Waals surface area contributed by atoms with Crippen molar-refractivity contribution < 1.29 is 14.3 Å². The quantitative estimate of drug-likeness (QED) is 0.713. The van der Waals surface area contributed by atoms with Gasteiger partial charge in [0.25, 0.3) is 0 Å². The number of hydrogen-bond donors (Lipinski definition) is 1. The van der Waals surface area contributed by atoms with E-state index in [1.54, 1.807) is 0 Å². The van der Waals surface area contributed by atoms with Gasteiger partial charge in [-0.25, -0.2) is 0 Å². The first-order chi connectivity index (χ1) is 11.7. The molecule has 1 aromatic carbocycles. The maximum absolute atomic E-state index is 11.6. The van der Waals surface area contributed by atoms with Crippen LogP contribution in [0.15, 0.2) is 24.3 Å². The lowest BCUT2D eigenvalue weighted by molar-refractivity contribution is -0.122. The molecule has 1 saturated heterocycles. The Labute approximate surface area is 145 Å². The smallest absolute Gasteiger partial charge is 0.220 e. The highest BCUT2D eigenvalue weighted by atomic mass is 16.5. The van der Waals surface area contributed by atoms with Gasteiger partial charge in [0.15, 0.2) is 0 Å². The molecular weight excluding hydrogens is 304 g/mol. The Hall–Kier alpha value is -1.59. The molecule has 0 aliphatic carbocycles. The number of benzene rings is 1. The summed E-state index contributed by atoms with van der Waals surface area (Å²) < 4.78 is 11.1. The van der Waals surface area contributed by atoms with Crippen LogP contribution in [0, 0.1) is 5.92 Å². The molecule has 1 aliphatic rings. The first kappa shape index (κ1) is 18.7. The van der Waals surface area contributed by atoms with Gasteiger partial charge in [-0.3, -0.25) is 9.69 Å². The number of morpholine rings is 1. The summed E-state index contributed by atoms with van der Waals surface area (Å²) in [6.45, 7) is 7.32. The highest BCUT2D eigenvalue weighted by Crippen LogP contribution is 2.18. The predicted molar refractivity (Wildman–Crippen MR) is 95.1 cm³/mol. The summed E-state index contributed by atoms with van der Waals surface area (Å²) in [7, 11) is 0. The van der Waals surface area contributed by atoms with Crippen LogP contribution in [0.3, 0.4) is 0 Å². The predicted octanol–water partition coefficient (Wildman–Crippen LogP) is 2.23. The Morgan fingerprint density at radius 3 is 2.62 bits per heavy atom. The maximum atomic E-state index is 11.6. The van der Waals surface area contributed by atoms with Gasteiger partial charge in [0.05, 0.1) is 13.2 Å². The van der Waals surface area contributed by atoms with E-state index < -0.39 is 0 Å². The Balaban J connectivity index is 1.75. The number of rotatable bonds is 10. The van der Waals surface area contributed by atoms with Crippen molar-refractivity contribution in [3.63, 3.8) is 0 Å². The monoisotopic (exact) mass is 334 g/mol. The van der Waals surface area contributed by atoms with Crippen LogP contribution in [0.1, 0.15) is 31.7 Å².